The van der Waals surface area contributed by atoms with Gasteiger partial charge in [0.25, 0.3) is 0 Å². The molecule has 4 nitrogen and oxygen atoms in total. The molecule has 1 aromatic heterocycles. The predicted molar refractivity (Wildman–Crippen MR) is 82.1 cm³/mol. The Kier molecular flexibility index (Phi) is 3.61. The Balaban J connectivity index is 1.82. The van der Waals surface area contributed by atoms with Gasteiger partial charge in [-0.25, -0.2) is 9.37 Å². The lowest BCUT2D eigenvalue weighted by molar-refractivity contribution is -0.00863. The maximum absolute atomic E-state index is 13.8. The van der Waals surface area contributed by atoms with E-state index < -0.39 is 5.82 Å². The van der Waals surface area contributed by atoms with Crippen molar-refractivity contribution in [3.8, 4) is 0 Å². The predicted octanol–water partition coefficient (Wildman–Crippen LogP) is 3.48. The van der Waals surface area contributed by atoms with Gasteiger partial charge >= 0.3 is 0 Å². The van der Waals surface area contributed by atoms with Crippen LogP contribution in [0.5, 0.6) is 0 Å². The highest BCUT2D eigenvalue weighted by molar-refractivity contribution is 6.28. The van der Waals surface area contributed by atoms with E-state index in [-0.39, 0.29) is 28.2 Å². The number of nitrogens with zero attached hydrogens (tertiary/aromatic N) is 3. The van der Waals surface area contributed by atoms with Crippen molar-refractivity contribution in [3.63, 3.8) is 0 Å². The zero-order chi connectivity index (χ0) is 15.3. The van der Waals surface area contributed by atoms with E-state index in [4.69, 9.17) is 11.6 Å². The Morgan fingerprint density at radius 2 is 2.14 bits per heavy atom. The highest BCUT2D eigenvalue weighted by Crippen LogP contribution is 2.45. The molecule has 0 unspecified atom stereocenters. The van der Waals surface area contributed by atoms with Gasteiger partial charge in [-0.2, -0.15) is 4.98 Å². The number of nitrogens with one attached hydrogen (secondary N) is 1. The minimum absolute atomic E-state index is 0.0719. The van der Waals surface area contributed by atoms with Crippen LogP contribution in [0.4, 0.5) is 10.2 Å². The average Bonchev–Trinajstić information content (AvgIpc) is 2.76. The molecular formula is C15H22ClFN4. The normalized spacial score (nSPS) is 32.0. The van der Waals surface area contributed by atoms with Crippen LogP contribution in [0.2, 0.25) is 5.28 Å². The number of hydrogen-bond acceptors (Lipinski definition) is 4. The molecule has 0 saturated carbocycles. The molecule has 2 aliphatic rings. The van der Waals surface area contributed by atoms with Crippen LogP contribution in [-0.2, 0) is 0 Å². The third-order valence-corrected chi connectivity index (χ3v) is 5.15. The van der Waals surface area contributed by atoms with Gasteiger partial charge in [0.15, 0.2) is 11.6 Å². The van der Waals surface area contributed by atoms with Crippen molar-refractivity contribution in [2.24, 2.45) is 0 Å². The van der Waals surface area contributed by atoms with Gasteiger partial charge in [0.1, 0.15) is 0 Å². The molecule has 0 amide bonds. The summed E-state index contributed by atoms with van der Waals surface area (Å²) in [6.45, 7) is 8.02. The molecule has 0 radical (unpaired) electrons. The van der Waals surface area contributed by atoms with Crippen LogP contribution in [-0.4, -0.2) is 38.5 Å². The molecule has 21 heavy (non-hydrogen) atoms. The van der Waals surface area contributed by atoms with Crippen LogP contribution in [0.25, 0.3) is 0 Å². The molecule has 3 rings (SSSR count). The van der Waals surface area contributed by atoms with Gasteiger partial charge in [-0.1, -0.05) is 0 Å². The van der Waals surface area contributed by atoms with Gasteiger partial charge in [0, 0.05) is 17.1 Å². The van der Waals surface area contributed by atoms with Crippen LogP contribution in [0, 0.1) is 5.82 Å². The second-order valence-electron chi connectivity index (χ2n) is 7.15. The molecule has 3 heterocycles. The molecule has 2 aliphatic heterocycles. The number of rotatable bonds is 2. The van der Waals surface area contributed by atoms with Crippen molar-refractivity contribution in [1.82, 2.24) is 14.9 Å². The summed E-state index contributed by atoms with van der Waals surface area (Å²) >= 11 is 5.77. The monoisotopic (exact) mass is 312 g/mol. The van der Waals surface area contributed by atoms with Gasteiger partial charge in [0.2, 0.25) is 5.28 Å². The van der Waals surface area contributed by atoms with E-state index in [0.717, 1.165) is 25.6 Å². The van der Waals surface area contributed by atoms with E-state index in [0.29, 0.717) is 0 Å². The molecule has 0 aromatic carbocycles. The van der Waals surface area contributed by atoms with Crippen molar-refractivity contribution >= 4 is 17.4 Å². The molecule has 116 valence electrons. The van der Waals surface area contributed by atoms with Crippen LogP contribution in [0.3, 0.4) is 0 Å². The SMILES string of the molecule is CC1(C)C[C@H](Nc2nc(Cl)ncc2F)C[C@@]2(C)CCCN12. The minimum Gasteiger partial charge on any atom is -0.365 e. The number of halogens is 2. The van der Waals surface area contributed by atoms with Gasteiger partial charge in [-0.3, -0.25) is 4.90 Å². The van der Waals surface area contributed by atoms with Crippen molar-refractivity contribution < 1.29 is 4.39 Å². The zero-order valence-corrected chi connectivity index (χ0v) is 13.5. The highest BCUT2D eigenvalue weighted by Gasteiger charge is 2.50. The van der Waals surface area contributed by atoms with E-state index in [1.54, 1.807) is 0 Å². The molecule has 6 heteroatoms. The van der Waals surface area contributed by atoms with E-state index in [1.807, 2.05) is 0 Å². The molecule has 2 atom stereocenters. The van der Waals surface area contributed by atoms with Crippen LogP contribution in [0.15, 0.2) is 6.20 Å². The highest BCUT2D eigenvalue weighted by atomic mass is 35.5. The summed E-state index contributed by atoms with van der Waals surface area (Å²) in [6, 6.07) is 0.194. The molecule has 0 aliphatic carbocycles. The summed E-state index contributed by atoms with van der Waals surface area (Å²) in [5.74, 6) is -0.234. The van der Waals surface area contributed by atoms with E-state index in [9.17, 15) is 4.39 Å². The first-order chi connectivity index (χ1) is 9.80. The molecule has 1 aromatic rings. The van der Waals surface area contributed by atoms with Crippen molar-refractivity contribution in [2.45, 2.75) is 63.6 Å². The minimum atomic E-state index is -0.448. The lowest BCUT2D eigenvalue weighted by atomic mass is 9.77. The molecule has 0 bridgehead atoms. The summed E-state index contributed by atoms with van der Waals surface area (Å²) in [6.07, 6.45) is 5.51. The first-order valence-electron chi connectivity index (χ1n) is 7.52. The molecular weight excluding hydrogens is 291 g/mol. The number of aromatic nitrogens is 2. The summed E-state index contributed by atoms with van der Waals surface area (Å²) in [5.41, 5.74) is 0.293. The first-order valence-corrected chi connectivity index (χ1v) is 7.90. The Morgan fingerprint density at radius 3 is 2.90 bits per heavy atom. The molecule has 1 N–H and O–H groups in total. The Bertz CT molecular complexity index is 550. The quantitative estimate of drug-likeness (QED) is 0.849. The zero-order valence-electron chi connectivity index (χ0n) is 12.8. The summed E-state index contributed by atoms with van der Waals surface area (Å²) < 4.78 is 13.8. The third kappa shape index (κ3) is 2.73. The molecule has 2 saturated heterocycles. The number of hydrogen-bond donors (Lipinski definition) is 1. The van der Waals surface area contributed by atoms with E-state index >= 15 is 0 Å². The second-order valence-corrected chi connectivity index (χ2v) is 7.49. The fourth-order valence-electron chi connectivity index (χ4n) is 4.33. The van der Waals surface area contributed by atoms with E-state index in [1.165, 1.54) is 12.8 Å². The van der Waals surface area contributed by atoms with Crippen molar-refractivity contribution in [1.29, 1.82) is 0 Å². The van der Waals surface area contributed by atoms with Crippen molar-refractivity contribution in [3.05, 3.63) is 17.3 Å². The summed E-state index contributed by atoms with van der Waals surface area (Å²) in [7, 11) is 0. The lowest BCUT2D eigenvalue weighted by Crippen LogP contribution is -2.61. The Labute approximate surface area is 130 Å². The Hall–Kier alpha value is -0.940. The smallest absolute Gasteiger partial charge is 0.224 e. The topological polar surface area (TPSA) is 41.1 Å². The number of piperidine rings is 1. The van der Waals surface area contributed by atoms with Gasteiger partial charge in [-0.15, -0.1) is 0 Å². The maximum Gasteiger partial charge on any atom is 0.224 e. The average molecular weight is 313 g/mol. The first kappa shape index (κ1) is 15.0. The maximum atomic E-state index is 13.8. The van der Waals surface area contributed by atoms with Crippen LogP contribution in [0.1, 0.15) is 46.5 Å². The third-order valence-electron chi connectivity index (χ3n) is 4.97. The number of fused-ring (bicyclic) bond motifs is 1. The fourth-order valence-corrected chi connectivity index (χ4v) is 4.46. The summed E-state index contributed by atoms with van der Waals surface area (Å²) in [4.78, 5) is 10.2. The largest absolute Gasteiger partial charge is 0.365 e. The van der Waals surface area contributed by atoms with Crippen LogP contribution < -0.4 is 5.32 Å². The van der Waals surface area contributed by atoms with Gasteiger partial charge in [0.05, 0.1) is 6.20 Å². The Morgan fingerprint density at radius 1 is 1.38 bits per heavy atom. The second kappa shape index (κ2) is 5.06. The number of anilines is 1. The van der Waals surface area contributed by atoms with Crippen LogP contribution >= 0.6 is 11.6 Å². The standard InChI is InChI=1S/C15H22ClFN4/c1-14(2)7-10(8-15(3)5-4-6-21(14)15)19-12-11(17)9-18-13(16)20-12/h9-10H,4-8H2,1-3H3,(H,18,19,20)/t10-,15+/m0/s1. The van der Waals surface area contributed by atoms with Gasteiger partial charge < -0.3 is 5.32 Å². The van der Waals surface area contributed by atoms with Crippen molar-refractivity contribution in [2.75, 3.05) is 11.9 Å². The lowest BCUT2D eigenvalue weighted by Gasteiger charge is -2.53. The van der Waals surface area contributed by atoms with Gasteiger partial charge in [-0.05, 0) is 64.6 Å². The fraction of sp³-hybridized carbons (Fsp3) is 0.733. The summed E-state index contributed by atoms with van der Waals surface area (Å²) in [5, 5.41) is 3.32. The molecule has 2 fully saturated rings. The molecule has 0 spiro atoms. The van der Waals surface area contributed by atoms with E-state index in [2.05, 4.69) is 41.0 Å².